The predicted molar refractivity (Wildman–Crippen MR) is 142 cm³/mol. The first-order chi connectivity index (χ1) is 14.4. The van der Waals surface area contributed by atoms with Gasteiger partial charge in [-0.05, 0) is 56.1 Å². The van der Waals surface area contributed by atoms with Gasteiger partial charge in [0, 0.05) is 32.2 Å². The number of nitrogens with one attached hydrogen (secondary N) is 2. The highest BCUT2D eigenvalue weighted by atomic mass is 127. The molecule has 178 valence electrons. The number of halogens is 1. The third-order valence-electron chi connectivity index (χ3n) is 5.53. The lowest BCUT2D eigenvalue weighted by Gasteiger charge is -2.32. The summed E-state index contributed by atoms with van der Waals surface area (Å²) in [5.41, 5.74) is 2.73. The van der Waals surface area contributed by atoms with Crippen LogP contribution in [0.5, 0.6) is 0 Å². The Balaban J connectivity index is 0.00000480. The summed E-state index contributed by atoms with van der Waals surface area (Å²) in [7, 11) is -3.09. The van der Waals surface area contributed by atoms with Crippen LogP contribution in [-0.4, -0.2) is 56.7 Å². The molecule has 1 fully saturated rings. The van der Waals surface area contributed by atoms with Gasteiger partial charge in [-0.2, -0.15) is 0 Å². The van der Waals surface area contributed by atoms with Crippen LogP contribution in [0, 0.1) is 0 Å². The van der Waals surface area contributed by atoms with E-state index in [0.717, 1.165) is 44.7 Å². The lowest BCUT2D eigenvalue weighted by molar-refractivity contribution is 0.306. The molecular formula is C23H41IN4O2S. The molecule has 0 spiro atoms. The average Bonchev–Trinajstić information content (AvgIpc) is 2.72. The van der Waals surface area contributed by atoms with Gasteiger partial charge in [0.1, 0.15) is 0 Å². The van der Waals surface area contributed by atoms with Crippen molar-refractivity contribution >= 4 is 40.0 Å². The van der Waals surface area contributed by atoms with E-state index in [1.165, 1.54) is 11.1 Å². The van der Waals surface area contributed by atoms with Crippen LogP contribution in [0.25, 0.3) is 0 Å². The number of nitrogens with zero attached hydrogens (tertiary/aromatic N) is 2. The number of aliphatic imine (C=N–C) groups is 1. The van der Waals surface area contributed by atoms with Crippen molar-refractivity contribution in [3.8, 4) is 0 Å². The standard InChI is InChI=1S/C23H40N4O2S.HI/c1-5-18-30(28,29)27-16-13-22(14-17-27)26-23(24-6-2)25-15-7-8-20-9-11-21(12-10-20)19(3)4;/h9-12,19,22H,5-8,13-18H2,1-4H3,(H2,24,25,26);1H. The van der Waals surface area contributed by atoms with Gasteiger partial charge in [0.15, 0.2) is 5.96 Å². The van der Waals surface area contributed by atoms with Crippen molar-refractivity contribution in [3.05, 3.63) is 35.4 Å². The van der Waals surface area contributed by atoms with Crippen molar-refractivity contribution in [2.75, 3.05) is 31.9 Å². The molecule has 0 unspecified atom stereocenters. The normalized spacial score (nSPS) is 16.2. The molecule has 6 nitrogen and oxygen atoms in total. The summed E-state index contributed by atoms with van der Waals surface area (Å²) in [6, 6.07) is 9.16. The van der Waals surface area contributed by atoms with E-state index in [4.69, 9.17) is 4.99 Å². The second-order valence-electron chi connectivity index (χ2n) is 8.39. The van der Waals surface area contributed by atoms with Crippen LogP contribution in [0.4, 0.5) is 0 Å². The summed E-state index contributed by atoms with van der Waals surface area (Å²) in [5.74, 6) is 1.65. The van der Waals surface area contributed by atoms with Gasteiger partial charge in [0.2, 0.25) is 10.0 Å². The molecular weight excluding hydrogens is 523 g/mol. The lowest BCUT2D eigenvalue weighted by Crippen LogP contribution is -2.50. The Morgan fingerprint density at radius 2 is 1.81 bits per heavy atom. The third kappa shape index (κ3) is 9.65. The molecule has 31 heavy (non-hydrogen) atoms. The minimum Gasteiger partial charge on any atom is -0.357 e. The van der Waals surface area contributed by atoms with E-state index in [1.807, 2.05) is 6.92 Å². The molecule has 0 atom stereocenters. The van der Waals surface area contributed by atoms with Crippen molar-refractivity contribution in [3.63, 3.8) is 0 Å². The number of aryl methyl sites for hydroxylation is 1. The molecule has 0 saturated carbocycles. The van der Waals surface area contributed by atoms with Gasteiger partial charge < -0.3 is 10.6 Å². The van der Waals surface area contributed by atoms with Crippen LogP contribution in [-0.2, 0) is 16.4 Å². The highest BCUT2D eigenvalue weighted by Gasteiger charge is 2.27. The molecule has 1 aliphatic rings. The third-order valence-corrected chi connectivity index (χ3v) is 7.61. The number of rotatable bonds is 10. The highest BCUT2D eigenvalue weighted by molar-refractivity contribution is 14.0. The van der Waals surface area contributed by atoms with E-state index in [-0.39, 0.29) is 35.8 Å². The van der Waals surface area contributed by atoms with Crippen LogP contribution in [0.2, 0.25) is 0 Å². The Kier molecular flexibility index (Phi) is 13.0. The Morgan fingerprint density at radius 1 is 1.16 bits per heavy atom. The fourth-order valence-electron chi connectivity index (χ4n) is 3.72. The van der Waals surface area contributed by atoms with Gasteiger partial charge >= 0.3 is 0 Å². The smallest absolute Gasteiger partial charge is 0.214 e. The van der Waals surface area contributed by atoms with Gasteiger partial charge in [-0.3, -0.25) is 4.99 Å². The van der Waals surface area contributed by atoms with Crippen molar-refractivity contribution in [1.29, 1.82) is 0 Å². The molecule has 1 heterocycles. The van der Waals surface area contributed by atoms with E-state index < -0.39 is 10.0 Å². The topological polar surface area (TPSA) is 73.8 Å². The van der Waals surface area contributed by atoms with Gasteiger partial charge in [-0.1, -0.05) is 45.0 Å². The Labute approximate surface area is 206 Å². The summed E-state index contributed by atoms with van der Waals surface area (Å²) in [5, 5.41) is 6.81. The van der Waals surface area contributed by atoms with Gasteiger partial charge in [-0.25, -0.2) is 12.7 Å². The maximum absolute atomic E-state index is 12.2. The first kappa shape index (κ1) is 28.2. The molecule has 0 aliphatic carbocycles. The second-order valence-corrected chi connectivity index (χ2v) is 10.5. The summed E-state index contributed by atoms with van der Waals surface area (Å²) in [6.45, 7) is 11.2. The van der Waals surface area contributed by atoms with Crippen LogP contribution in [0.3, 0.4) is 0 Å². The summed E-state index contributed by atoms with van der Waals surface area (Å²) < 4.78 is 26.1. The number of guanidine groups is 1. The lowest BCUT2D eigenvalue weighted by atomic mass is 10.0. The Bertz CT molecular complexity index is 758. The molecule has 1 aliphatic heterocycles. The second kappa shape index (κ2) is 14.3. The van der Waals surface area contributed by atoms with Crippen molar-refractivity contribution < 1.29 is 8.42 Å². The molecule has 0 radical (unpaired) electrons. The van der Waals surface area contributed by atoms with Crippen LogP contribution < -0.4 is 10.6 Å². The summed E-state index contributed by atoms with van der Waals surface area (Å²) >= 11 is 0. The average molecular weight is 565 g/mol. The van der Waals surface area contributed by atoms with Gasteiger partial charge in [-0.15, -0.1) is 24.0 Å². The number of piperidine rings is 1. The zero-order valence-electron chi connectivity index (χ0n) is 19.6. The summed E-state index contributed by atoms with van der Waals surface area (Å²) in [6.07, 6.45) is 4.32. The first-order valence-corrected chi connectivity index (χ1v) is 13.1. The zero-order chi connectivity index (χ0) is 22.0. The van der Waals surface area contributed by atoms with E-state index in [2.05, 4.69) is 55.7 Å². The van der Waals surface area contributed by atoms with E-state index in [0.29, 0.717) is 25.4 Å². The van der Waals surface area contributed by atoms with Crippen molar-refractivity contribution in [1.82, 2.24) is 14.9 Å². The van der Waals surface area contributed by atoms with Gasteiger partial charge in [0.05, 0.1) is 5.75 Å². The molecule has 1 saturated heterocycles. The Morgan fingerprint density at radius 3 is 2.35 bits per heavy atom. The van der Waals surface area contributed by atoms with Crippen molar-refractivity contribution in [2.45, 2.75) is 71.8 Å². The van der Waals surface area contributed by atoms with E-state index in [9.17, 15) is 8.42 Å². The SMILES string of the molecule is CCCS(=O)(=O)N1CCC(NC(=NCCCc2ccc(C(C)C)cc2)NCC)CC1.I. The van der Waals surface area contributed by atoms with Crippen LogP contribution in [0.15, 0.2) is 29.3 Å². The zero-order valence-corrected chi connectivity index (χ0v) is 22.7. The number of hydrogen-bond donors (Lipinski definition) is 2. The van der Waals surface area contributed by atoms with Crippen LogP contribution in [0.1, 0.15) is 70.4 Å². The quantitative estimate of drug-likeness (QED) is 0.194. The monoisotopic (exact) mass is 564 g/mol. The first-order valence-electron chi connectivity index (χ1n) is 11.5. The minimum absolute atomic E-state index is 0. The molecule has 2 N–H and O–H groups in total. The van der Waals surface area contributed by atoms with Crippen LogP contribution >= 0.6 is 24.0 Å². The molecule has 8 heteroatoms. The van der Waals surface area contributed by atoms with Crippen molar-refractivity contribution in [2.24, 2.45) is 4.99 Å². The fraction of sp³-hybridized carbons (Fsp3) is 0.696. The number of sulfonamides is 1. The number of benzene rings is 1. The maximum atomic E-state index is 12.2. The molecule has 1 aromatic rings. The largest absolute Gasteiger partial charge is 0.357 e. The minimum atomic E-state index is -3.09. The summed E-state index contributed by atoms with van der Waals surface area (Å²) in [4.78, 5) is 4.73. The fourth-order valence-corrected chi connectivity index (χ4v) is 5.26. The van der Waals surface area contributed by atoms with E-state index >= 15 is 0 Å². The van der Waals surface area contributed by atoms with E-state index in [1.54, 1.807) is 4.31 Å². The molecule has 1 aromatic carbocycles. The number of hydrogen-bond acceptors (Lipinski definition) is 3. The highest BCUT2D eigenvalue weighted by Crippen LogP contribution is 2.16. The molecule has 2 rings (SSSR count). The van der Waals surface area contributed by atoms with Gasteiger partial charge in [0.25, 0.3) is 0 Å². The molecule has 0 amide bonds. The molecule has 0 aromatic heterocycles. The predicted octanol–water partition coefficient (Wildman–Crippen LogP) is 4.12. The Hall–Kier alpha value is -0.870. The molecule has 0 bridgehead atoms. The maximum Gasteiger partial charge on any atom is 0.214 e.